The van der Waals surface area contributed by atoms with Crippen LogP contribution in [0.5, 0.6) is 0 Å². The average molecular weight is 447 g/mol. The maximum atomic E-state index is 11.6. The normalized spacial score (nSPS) is 15.5. The minimum atomic E-state index is -1.07. The van der Waals surface area contributed by atoms with E-state index < -0.39 is 48.0 Å². The zero-order valence-corrected chi connectivity index (χ0v) is 17.0. The van der Waals surface area contributed by atoms with Gasteiger partial charge in [0.15, 0.2) is 0 Å². The molecule has 0 saturated carbocycles. The van der Waals surface area contributed by atoms with Crippen LogP contribution in [0.4, 0.5) is 0 Å². The van der Waals surface area contributed by atoms with Crippen molar-refractivity contribution >= 4 is 70.7 Å². The van der Waals surface area contributed by atoms with E-state index in [2.05, 4.69) is 34.7 Å². The van der Waals surface area contributed by atoms with Crippen LogP contribution in [-0.2, 0) is 28.7 Å². The fraction of sp³-hybridized carbons (Fsp3) is 0.667. The molecule has 10 nitrogen and oxygen atoms in total. The molecule has 0 aliphatic rings. The third kappa shape index (κ3) is 10.0. The van der Waals surface area contributed by atoms with Crippen LogP contribution in [0.15, 0.2) is 0 Å². The summed E-state index contributed by atoms with van der Waals surface area (Å²) in [6.45, 7) is 0. The third-order valence-electron chi connectivity index (χ3n) is 2.59. The Hall–Kier alpha value is -0.480. The maximum absolute atomic E-state index is 11.6. The van der Waals surface area contributed by atoms with Gasteiger partial charge < -0.3 is 32.4 Å². The highest BCUT2D eigenvalue weighted by Gasteiger charge is 2.24. The molecule has 0 saturated heterocycles. The van der Waals surface area contributed by atoms with Crippen molar-refractivity contribution < 1.29 is 28.7 Å². The zero-order valence-electron chi connectivity index (χ0n) is 13.6. The summed E-state index contributed by atoms with van der Waals surface area (Å²) in [5.41, 5.74) is 21.9. The lowest BCUT2D eigenvalue weighted by Crippen LogP contribution is -2.41. The van der Waals surface area contributed by atoms with Crippen molar-refractivity contribution in [1.82, 2.24) is 0 Å². The Morgan fingerprint density at radius 3 is 1.19 bits per heavy atom. The molecule has 14 heteroatoms. The van der Waals surface area contributed by atoms with Crippen molar-refractivity contribution in [2.75, 3.05) is 23.0 Å². The Kier molecular flexibility index (Phi) is 13.4. The summed E-state index contributed by atoms with van der Waals surface area (Å²) in [4.78, 5) is 45.9. The Bertz CT molecular complexity index is 468. The Morgan fingerprint density at radius 1 is 0.654 bits per heavy atom. The summed E-state index contributed by atoms with van der Waals surface area (Å²) in [6, 6.07) is -4.17. The number of carbonyl (C=O) groups is 4. The highest BCUT2D eigenvalue weighted by Crippen LogP contribution is 2.22. The molecule has 0 aromatic carbocycles. The Morgan fingerprint density at radius 2 is 0.923 bits per heavy atom. The maximum Gasteiger partial charge on any atom is 0.331 e. The van der Waals surface area contributed by atoms with Gasteiger partial charge >= 0.3 is 23.9 Å². The van der Waals surface area contributed by atoms with Crippen LogP contribution in [0.25, 0.3) is 0 Å². The molecule has 150 valence electrons. The SMILES string of the molecule is N[C@@H](CS)C(=O)OC(=O)[C@@H](N)CSSC[C@H](N)C(=O)OC(=O)[C@@H](N)CS. The quantitative estimate of drug-likeness (QED) is 0.0653. The predicted molar refractivity (Wildman–Crippen MR) is 107 cm³/mol. The van der Waals surface area contributed by atoms with Crippen LogP contribution in [0.2, 0.25) is 0 Å². The van der Waals surface area contributed by atoms with E-state index >= 15 is 0 Å². The van der Waals surface area contributed by atoms with Crippen molar-refractivity contribution in [1.29, 1.82) is 0 Å². The fourth-order valence-electron chi connectivity index (χ4n) is 1.03. The highest BCUT2D eigenvalue weighted by atomic mass is 33.1. The van der Waals surface area contributed by atoms with E-state index in [-0.39, 0.29) is 23.0 Å². The molecule has 0 heterocycles. The Balaban J connectivity index is 4.09. The number of hydrogen-bond acceptors (Lipinski definition) is 14. The largest absolute Gasteiger partial charge is 0.391 e. The van der Waals surface area contributed by atoms with Crippen molar-refractivity contribution in [2.24, 2.45) is 22.9 Å². The number of rotatable bonds is 11. The summed E-state index contributed by atoms with van der Waals surface area (Å²) in [6.07, 6.45) is 0. The minimum absolute atomic E-state index is 0.0291. The fourth-order valence-corrected chi connectivity index (χ4v) is 3.54. The molecule has 0 radical (unpaired) electrons. The first-order chi connectivity index (χ1) is 12.1. The predicted octanol–water partition coefficient (Wildman–Crippen LogP) is -2.32. The van der Waals surface area contributed by atoms with E-state index in [0.29, 0.717) is 0 Å². The van der Waals surface area contributed by atoms with Gasteiger partial charge in [-0.3, -0.25) is 0 Å². The second-order valence-corrected chi connectivity index (χ2v) is 8.12. The third-order valence-corrected chi connectivity index (χ3v) is 5.85. The van der Waals surface area contributed by atoms with Crippen LogP contribution in [0.1, 0.15) is 0 Å². The summed E-state index contributed by atoms with van der Waals surface area (Å²) < 4.78 is 9.01. The van der Waals surface area contributed by atoms with Gasteiger partial charge in [0.1, 0.15) is 24.2 Å². The van der Waals surface area contributed by atoms with E-state index in [1.165, 1.54) is 0 Å². The number of esters is 4. The first kappa shape index (κ1) is 25.5. The number of ether oxygens (including phenoxy) is 2. The van der Waals surface area contributed by atoms with Gasteiger partial charge in [-0.05, 0) is 0 Å². The second-order valence-electron chi connectivity index (χ2n) is 4.84. The van der Waals surface area contributed by atoms with Gasteiger partial charge in [0.05, 0.1) is 0 Å². The first-order valence-corrected chi connectivity index (χ1v) is 10.9. The van der Waals surface area contributed by atoms with Crippen molar-refractivity contribution in [3.63, 3.8) is 0 Å². The van der Waals surface area contributed by atoms with Gasteiger partial charge in [0.25, 0.3) is 0 Å². The lowest BCUT2D eigenvalue weighted by atomic mass is 10.3. The van der Waals surface area contributed by atoms with E-state index in [1.54, 1.807) is 0 Å². The van der Waals surface area contributed by atoms with Gasteiger partial charge in [-0.1, -0.05) is 21.6 Å². The van der Waals surface area contributed by atoms with E-state index in [9.17, 15) is 19.2 Å². The lowest BCUT2D eigenvalue weighted by molar-refractivity contribution is -0.162. The van der Waals surface area contributed by atoms with Gasteiger partial charge in [0, 0.05) is 23.0 Å². The highest BCUT2D eigenvalue weighted by molar-refractivity contribution is 8.76. The van der Waals surface area contributed by atoms with Crippen molar-refractivity contribution in [3.05, 3.63) is 0 Å². The molecule has 4 atom stereocenters. The van der Waals surface area contributed by atoms with Gasteiger partial charge in [-0.15, -0.1) is 0 Å². The van der Waals surface area contributed by atoms with E-state index in [4.69, 9.17) is 22.9 Å². The van der Waals surface area contributed by atoms with Crippen molar-refractivity contribution in [2.45, 2.75) is 24.2 Å². The molecule has 0 unspecified atom stereocenters. The second kappa shape index (κ2) is 13.7. The van der Waals surface area contributed by atoms with E-state index in [0.717, 1.165) is 21.6 Å². The van der Waals surface area contributed by atoms with Crippen LogP contribution in [-0.4, -0.2) is 71.1 Å². The summed E-state index contributed by atoms with van der Waals surface area (Å²) in [7, 11) is 2.26. The molecule has 0 rings (SSSR count). The Labute approximate surface area is 169 Å². The number of hydrogen-bond donors (Lipinski definition) is 6. The topological polar surface area (TPSA) is 191 Å². The first-order valence-electron chi connectivity index (χ1n) is 7.13. The number of thiol groups is 2. The van der Waals surface area contributed by atoms with Gasteiger partial charge in [0.2, 0.25) is 0 Å². The summed E-state index contributed by atoms with van der Waals surface area (Å²) in [5, 5.41) is 0. The summed E-state index contributed by atoms with van der Waals surface area (Å²) in [5.74, 6) is -3.41. The molecule has 0 aromatic heterocycles. The molecular formula is C12H22N4O6S4. The minimum Gasteiger partial charge on any atom is -0.391 e. The molecule has 0 aliphatic heterocycles. The standard InChI is InChI=1S/C12H22N4O6S4/c13-5(1-23)9(17)21-11(19)7(15)3-25-26-4-8(16)12(20)22-10(18)6(14)2-24/h5-8,23-24H,1-4,13-16H2/t5-,6-,7-,8-/m0/s1. The molecule has 26 heavy (non-hydrogen) atoms. The molecular weight excluding hydrogens is 424 g/mol. The van der Waals surface area contributed by atoms with Crippen LogP contribution < -0.4 is 22.9 Å². The molecule has 0 aromatic rings. The molecule has 0 aliphatic carbocycles. The van der Waals surface area contributed by atoms with Crippen LogP contribution >= 0.6 is 46.8 Å². The average Bonchev–Trinajstić information content (AvgIpc) is 2.62. The van der Waals surface area contributed by atoms with Crippen LogP contribution in [0, 0.1) is 0 Å². The number of carbonyl (C=O) groups excluding carboxylic acids is 4. The smallest absolute Gasteiger partial charge is 0.331 e. The van der Waals surface area contributed by atoms with Crippen LogP contribution in [0.3, 0.4) is 0 Å². The zero-order chi connectivity index (χ0) is 20.3. The molecule has 0 amide bonds. The monoisotopic (exact) mass is 446 g/mol. The van der Waals surface area contributed by atoms with Crippen molar-refractivity contribution in [3.8, 4) is 0 Å². The van der Waals surface area contributed by atoms with E-state index in [1.807, 2.05) is 0 Å². The lowest BCUT2D eigenvalue weighted by Gasteiger charge is -2.13. The molecule has 8 N–H and O–H groups in total. The van der Waals surface area contributed by atoms with Gasteiger partial charge in [-0.25, -0.2) is 19.2 Å². The summed E-state index contributed by atoms with van der Waals surface area (Å²) >= 11 is 7.63. The molecule has 0 fully saturated rings. The molecule has 0 bridgehead atoms. The molecule has 0 spiro atoms. The van der Waals surface area contributed by atoms with Gasteiger partial charge in [-0.2, -0.15) is 25.3 Å². The number of nitrogens with two attached hydrogens (primary N) is 4.